The fourth-order valence-corrected chi connectivity index (χ4v) is 2.88. The molecule has 0 heterocycles. The molecular formula is C19H18ClN3O2. The average molecular weight is 356 g/mol. The summed E-state index contributed by atoms with van der Waals surface area (Å²) in [5, 5.41) is 15.7. The first-order valence-electron chi connectivity index (χ1n) is 8.07. The Morgan fingerprint density at radius 3 is 2.68 bits per heavy atom. The number of nitrogens with one attached hydrogen (secondary N) is 2. The first-order valence-corrected chi connectivity index (χ1v) is 8.45. The Morgan fingerprint density at radius 2 is 1.96 bits per heavy atom. The highest BCUT2D eigenvalue weighted by molar-refractivity contribution is 6.33. The standard InChI is InChI=1S/C19H18ClN3O2/c20-17-7-6-14(11-21)8-18(17)22-15-9-16(10-15)23-19(24)25-12-13-4-2-1-3-5-13/h1-8,15-16,22H,9-10,12H2,(H,23,24). The van der Waals surface area contributed by atoms with Gasteiger partial charge in [-0.3, -0.25) is 0 Å². The van der Waals surface area contributed by atoms with E-state index in [1.54, 1.807) is 18.2 Å². The zero-order chi connectivity index (χ0) is 17.6. The number of alkyl carbamates (subject to hydrolysis) is 1. The highest BCUT2D eigenvalue weighted by Crippen LogP contribution is 2.29. The molecule has 1 fully saturated rings. The Balaban J connectivity index is 1.41. The van der Waals surface area contributed by atoms with Crippen LogP contribution in [0.4, 0.5) is 10.5 Å². The third-order valence-corrected chi connectivity index (χ3v) is 4.46. The van der Waals surface area contributed by atoms with Crippen LogP contribution in [-0.2, 0) is 11.3 Å². The summed E-state index contributed by atoms with van der Waals surface area (Å²) in [6, 6.07) is 17.1. The number of benzene rings is 2. The summed E-state index contributed by atoms with van der Waals surface area (Å²) in [5.41, 5.74) is 2.26. The number of rotatable bonds is 5. The molecule has 0 unspecified atom stereocenters. The van der Waals surface area contributed by atoms with E-state index >= 15 is 0 Å². The number of carbonyl (C=O) groups is 1. The van der Waals surface area contributed by atoms with Gasteiger partial charge in [0, 0.05) is 12.1 Å². The summed E-state index contributed by atoms with van der Waals surface area (Å²) in [5.74, 6) is 0. The number of hydrogen-bond donors (Lipinski definition) is 2. The molecule has 2 aromatic carbocycles. The summed E-state index contributed by atoms with van der Waals surface area (Å²) < 4.78 is 5.21. The molecule has 1 saturated carbocycles. The van der Waals surface area contributed by atoms with Gasteiger partial charge in [-0.05, 0) is 36.6 Å². The molecule has 0 aromatic heterocycles. The van der Waals surface area contributed by atoms with E-state index in [1.807, 2.05) is 30.3 Å². The van der Waals surface area contributed by atoms with E-state index in [9.17, 15) is 4.79 Å². The van der Waals surface area contributed by atoms with Crippen LogP contribution in [0.25, 0.3) is 0 Å². The van der Waals surface area contributed by atoms with Crippen molar-refractivity contribution in [2.24, 2.45) is 0 Å². The molecule has 0 radical (unpaired) electrons. The maximum Gasteiger partial charge on any atom is 0.407 e. The van der Waals surface area contributed by atoms with Crippen LogP contribution in [0.15, 0.2) is 48.5 Å². The SMILES string of the molecule is N#Cc1ccc(Cl)c(NC2CC(NC(=O)OCc3ccccc3)C2)c1. The minimum atomic E-state index is -0.406. The molecule has 2 aromatic rings. The summed E-state index contributed by atoms with van der Waals surface area (Å²) in [7, 11) is 0. The molecular weight excluding hydrogens is 338 g/mol. The fraction of sp³-hybridized carbons (Fsp3) is 0.263. The monoisotopic (exact) mass is 355 g/mol. The van der Waals surface area contributed by atoms with E-state index in [-0.39, 0.29) is 18.7 Å². The highest BCUT2D eigenvalue weighted by Gasteiger charge is 2.31. The number of hydrogen-bond acceptors (Lipinski definition) is 4. The molecule has 0 saturated heterocycles. The molecule has 6 heteroatoms. The van der Waals surface area contributed by atoms with Crippen LogP contribution in [0, 0.1) is 11.3 Å². The van der Waals surface area contributed by atoms with Gasteiger partial charge in [0.2, 0.25) is 0 Å². The predicted molar refractivity (Wildman–Crippen MR) is 96.4 cm³/mol. The maximum atomic E-state index is 11.8. The van der Waals surface area contributed by atoms with Crippen molar-refractivity contribution in [3.05, 3.63) is 64.7 Å². The van der Waals surface area contributed by atoms with Gasteiger partial charge in [-0.15, -0.1) is 0 Å². The first-order chi connectivity index (χ1) is 12.1. The number of amides is 1. The fourth-order valence-electron chi connectivity index (χ4n) is 2.71. The molecule has 0 spiro atoms. The van der Waals surface area contributed by atoms with Crippen LogP contribution in [0.3, 0.4) is 0 Å². The van der Waals surface area contributed by atoms with E-state index in [0.29, 0.717) is 10.6 Å². The van der Waals surface area contributed by atoms with E-state index in [4.69, 9.17) is 21.6 Å². The minimum Gasteiger partial charge on any atom is -0.445 e. The largest absolute Gasteiger partial charge is 0.445 e. The molecule has 0 bridgehead atoms. The Hall–Kier alpha value is -2.71. The van der Waals surface area contributed by atoms with E-state index in [1.165, 1.54) is 0 Å². The molecule has 1 aliphatic rings. The van der Waals surface area contributed by atoms with Crippen molar-refractivity contribution in [2.75, 3.05) is 5.32 Å². The minimum absolute atomic E-state index is 0.0821. The van der Waals surface area contributed by atoms with Crippen LogP contribution in [-0.4, -0.2) is 18.2 Å². The van der Waals surface area contributed by atoms with Crippen LogP contribution >= 0.6 is 11.6 Å². The molecule has 25 heavy (non-hydrogen) atoms. The van der Waals surface area contributed by atoms with Gasteiger partial charge < -0.3 is 15.4 Å². The first kappa shape index (κ1) is 17.1. The van der Waals surface area contributed by atoms with Gasteiger partial charge in [-0.1, -0.05) is 41.9 Å². The predicted octanol–water partition coefficient (Wildman–Crippen LogP) is 4.08. The summed E-state index contributed by atoms with van der Waals surface area (Å²) in [6.45, 7) is 0.262. The van der Waals surface area contributed by atoms with Gasteiger partial charge >= 0.3 is 6.09 Å². The second kappa shape index (κ2) is 7.91. The van der Waals surface area contributed by atoms with Crippen molar-refractivity contribution in [3.63, 3.8) is 0 Å². The zero-order valence-electron chi connectivity index (χ0n) is 13.5. The third kappa shape index (κ3) is 4.65. The summed E-state index contributed by atoms with van der Waals surface area (Å²) in [6.07, 6.45) is 1.16. The van der Waals surface area contributed by atoms with Crippen LogP contribution < -0.4 is 10.6 Å². The molecule has 0 atom stereocenters. The van der Waals surface area contributed by atoms with Gasteiger partial charge in [0.15, 0.2) is 0 Å². The Kier molecular flexibility index (Phi) is 5.42. The van der Waals surface area contributed by atoms with Crippen molar-refractivity contribution in [3.8, 4) is 6.07 Å². The second-order valence-electron chi connectivity index (χ2n) is 6.02. The van der Waals surface area contributed by atoms with E-state index < -0.39 is 6.09 Å². The number of nitrogens with zero attached hydrogens (tertiary/aromatic N) is 1. The molecule has 2 N–H and O–H groups in total. The van der Waals surface area contributed by atoms with Crippen LogP contribution in [0.2, 0.25) is 5.02 Å². The lowest BCUT2D eigenvalue weighted by Gasteiger charge is -2.36. The molecule has 1 amide bonds. The summed E-state index contributed by atoms with van der Waals surface area (Å²) >= 11 is 6.14. The average Bonchev–Trinajstić information content (AvgIpc) is 2.60. The lowest BCUT2D eigenvalue weighted by molar-refractivity contribution is 0.129. The molecule has 128 valence electrons. The Bertz CT molecular complexity index is 783. The van der Waals surface area contributed by atoms with Crippen molar-refractivity contribution < 1.29 is 9.53 Å². The number of ether oxygens (including phenoxy) is 1. The van der Waals surface area contributed by atoms with Crippen molar-refractivity contribution in [1.82, 2.24) is 5.32 Å². The molecule has 0 aliphatic heterocycles. The van der Waals surface area contributed by atoms with Gasteiger partial charge in [-0.2, -0.15) is 5.26 Å². The van der Waals surface area contributed by atoms with Gasteiger partial charge in [0.1, 0.15) is 6.61 Å². The smallest absolute Gasteiger partial charge is 0.407 e. The van der Waals surface area contributed by atoms with Gasteiger partial charge in [-0.25, -0.2) is 4.79 Å². The van der Waals surface area contributed by atoms with Gasteiger partial charge in [0.25, 0.3) is 0 Å². The number of nitriles is 1. The lowest BCUT2D eigenvalue weighted by Crippen LogP contribution is -2.49. The van der Waals surface area contributed by atoms with E-state index in [2.05, 4.69) is 16.7 Å². The Morgan fingerprint density at radius 1 is 1.20 bits per heavy atom. The van der Waals surface area contributed by atoms with Crippen LogP contribution in [0.5, 0.6) is 0 Å². The normalized spacial score (nSPS) is 18.6. The molecule has 5 nitrogen and oxygen atoms in total. The number of anilines is 1. The highest BCUT2D eigenvalue weighted by atomic mass is 35.5. The van der Waals surface area contributed by atoms with Crippen LogP contribution in [0.1, 0.15) is 24.0 Å². The molecule has 1 aliphatic carbocycles. The van der Waals surface area contributed by atoms with Crippen molar-refractivity contribution >= 4 is 23.4 Å². The summed E-state index contributed by atoms with van der Waals surface area (Å²) in [4.78, 5) is 11.8. The lowest BCUT2D eigenvalue weighted by atomic mass is 9.86. The number of carbonyl (C=O) groups excluding carboxylic acids is 1. The van der Waals surface area contributed by atoms with Crippen molar-refractivity contribution in [2.45, 2.75) is 31.5 Å². The topological polar surface area (TPSA) is 74.2 Å². The second-order valence-corrected chi connectivity index (χ2v) is 6.43. The van der Waals surface area contributed by atoms with Gasteiger partial charge in [0.05, 0.1) is 22.3 Å². The third-order valence-electron chi connectivity index (χ3n) is 4.13. The van der Waals surface area contributed by atoms with Crippen molar-refractivity contribution in [1.29, 1.82) is 5.26 Å². The quantitative estimate of drug-likeness (QED) is 0.847. The Labute approximate surface area is 151 Å². The number of halogens is 1. The molecule has 3 rings (SSSR count). The van der Waals surface area contributed by atoms with E-state index in [0.717, 1.165) is 24.1 Å². The zero-order valence-corrected chi connectivity index (χ0v) is 14.3. The maximum absolute atomic E-state index is 11.8.